The summed E-state index contributed by atoms with van der Waals surface area (Å²) >= 11 is 0. The molecule has 0 radical (unpaired) electrons. The van der Waals surface area contributed by atoms with Crippen LogP contribution in [0.5, 0.6) is 0 Å². The normalized spacial score (nSPS) is 16.8. The molecule has 1 N–H and O–H groups in total. The molecule has 0 unspecified atom stereocenters. The highest BCUT2D eigenvalue weighted by atomic mass is 16.2. The van der Waals surface area contributed by atoms with Crippen LogP contribution in [0.3, 0.4) is 0 Å². The fourth-order valence-electron chi connectivity index (χ4n) is 2.89. The smallest absolute Gasteiger partial charge is 0.289 e. The van der Waals surface area contributed by atoms with Crippen LogP contribution in [0.2, 0.25) is 0 Å². The van der Waals surface area contributed by atoms with Gasteiger partial charge in [0, 0.05) is 32.0 Å². The molecule has 0 spiro atoms. The summed E-state index contributed by atoms with van der Waals surface area (Å²) in [5, 5.41) is 2.79. The van der Waals surface area contributed by atoms with Gasteiger partial charge in [-0.15, -0.1) is 0 Å². The van der Waals surface area contributed by atoms with Gasteiger partial charge in [0.2, 0.25) is 0 Å². The minimum absolute atomic E-state index is 0.0723. The highest BCUT2D eigenvalue weighted by Crippen LogP contribution is 2.30. The summed E-state index contributed by atoms with van der Waals surface area (Å²) in [4.78, 5) is 35.1. The molecule has 3 heterocycles. The molecule has 0 saturated heterocycles. The van der Waals surface area contributed by atoms with Crippen molar-refractivity contribution < 1.29 is 9.59 Å². The van der Waals surface area contributed by atoms with Gasteiger partial charge in [0.15, 0.2) is 5.82 Å². The summed E-state index contributed by atoms with van der Waals surface area (Å²) in [6, 6.07) is 5.54. The molecule has 124 valence electrons. The summed E-state index contributed by atoms with van der Waals surface area (Å²) in [6.07, 6.45) is 5.76. The van der Waals surface area contributed by atoms with Crippen LogP contribution in [0.1, 0.15) is 39.6 Å². The Bertz CT molecular complexity index is 767. The topological polar surface area (TPSA) is 80.1 Å². The summed E-state index contributed by atoms with van der Waals surface area (Å²) < 4.78 is 1.78. The van der Waals surface area contributed by atoms with E-state index in [1.807, 2.05) is 23.1 Å². The number of hydrogen-bond donors (Lipinski definition) is 1. The molecule has 2 aromatic heterocycles. The molecule has 0 aromatic carbocycles. The number of amides is 2. The lowest BCUT2D eigenvalue weighted by molar-refractivity contribution is 0.0688. The van der Waals surface area contributed by atoms with Crippen LogP contribution in [-0.4, -0.2) is 44.3 Å². The monoisotopic (exact) mass is 325 g/mol. The molecule has 24 heavy (non-hydrogen) atoms. The molecule has 7 heteroatoms. The Kier molecular flexibility index (Phi) is 3.76. The standard InChI is InChI=1S/C17H19N5O2/c23-16(19-9-13-3-1-2-6-18-13)14-11-21-7-8-22(10-12-4-5-12)17(24)15(21)20-14/h1-3,6,11-12H,4-5,7-10H2,(H,19,23). The molecule has 1 aliphatic carbocycles. The molecule has 0 atom stereocenters. The third-order valence-electron chi connectivity index (χ3n) is 4.43. The van der Waals surface area contributed by atoms with E-state index in [0.29, 0.717) is 31.4 Å². The molecule has 0 bridgehead atoms. The van der Waals surface area contributed by atoms with Gasteiger partial charge in [-0.3, -0.25) is 14.6 Å². The van der Waals surface area contributed by atoms with Gasteiger partial charge in [-0.05, 0) is 30.9 Å². The van der Waals surface area contributed by atoms with E-state index in [-0.39, 0.29) is 17.5 Å². The van der Waals surface area contributed by atoms with Gasteiger partial charge in [0.25, 0.3) is 11.8 Å². The predicted molar refractivity (Wildman–Crippen MR) is 86.3 cm³/mol. The lowest BCUT2D eigenvalue weighted by Gasteiger charge is -2.27. The molecule has 2 amide bonds. The summed E-state index contributed by atoms with van der Waals surface area (Å²) in [7, 11) is 0. The highest BCUT2D eigenvalue weighted by Gasteiger charge is 2.32. The second kappa shape index (κ2) is 6.07. The second-order valence-corrected chi connectivity index (χ2v) is 6.34. The van der Waals surface area contributed by atoms with E-state index in [9.17, 15) is 9.59 Å². The maximum absolute atomic E-state index is 12.5. The number of fused-ring (bicyclic) bond motifs is 1. The van der Waals surface area contributed by atoms with E-state index in [1.165, 1.54) is 12.8 Å². The zero-order valence-electron chi connectivity index (χ0n) is 13.3. The minimum Gasteiger partial charge on any atom is -0.345 e. The molecule has 1 fully saturated rings. The van der Waals surface area contributed by atoms with Crippen molar-refractivity contribution in [1.29, 1.82) is 0 Å². The number of hydrogen-bond acceptors (Lipinski definition) is 4. The van der Waals surface area contributed by atoms with Crippen molar-refractivity contribution in [3.05, 3.63) is 47.8 Å². The third kappa shape index (κ3) is 3.02. The van der Waals surface area contributed by atoms with Gasteiger partial charge in [0.05, 0.1) is 12.2 Å². The Labute approximate surface area is 139 Å². The average molecular weight is 325 g/mol. The van der Waals surface area contributed by atoms with Crippen LogP contribution in [0, 0.1) is 5.92 Å². The lowest BCUT2D eigenvalue weighted by Crippen LogP contribution is -2.41. The van der Waals surface area contributed by atoms with E-state index < -0.39 is 0 Å². The van der Waals surface area contributed by atoms with Crippen molar-refractivity contribution in [3.63, 3.8) is 0 Å². The Morgan fingerprint density at radius 2 is 2.17 bits per heavy atom. The van der Waals surface area contributed by atoms with Crippen LogP contribution >= 0.6 is 0 Å². The van der Waals surface area contributed by atoms with Crippen LogP contribution in [0.15, 0.2) is 30.6 Å². The summed E-state index contributed by atoms with van der Waals surface area (Å²) in [5.41, 5.74) is 1.06. The van der Waals surface area contributed by atoms with Gasteiger partial charge in [0.1, 0.15) is 5.69 Å². The molecule has 4 rings (SSSR count). The van der Waals surface area contributed by atoms with E-state index in [4.69, 9.17) is 0 Å². The zero-order valence-corrected chi connectivity index (χ0v) is 13.3. The Morgan fingerprint density at radius 3 is 2.92 bits per heavy atom. The molecule has 7 nitrogen and oxygen atoms in total. The van der Waals surface area contributed by atoms with Crippen molar-refractivity contribution in [2.75, 3.05) is 13.1 Å². The molecule has 2 aromatic rings. The number of nitrogens with one attached hydrogen (secondary N) is 1. The van der Waals surface area contributed by atoms with Crippen molar-refractivity contribution in [1.82, 2.24) is 24.8 Å². The number of rotatable bonds is 5. The van der Waals surface area contributed by atoms with Gasteiger partial charge in [-0.1, -0.05) is 6.07 Å². The maximum Gasteiger partial charge on any atom is 0.289 e. The van der Waals surface area contributed by atoms with Crippen LogP contribution < -0.4 is 5.32 Å². The number of imidazole rings is 1. The van der Waals surface area contributed by atoms with Crippen molar-refractivity contribution in [2.24, 2.45) is 5.92 Å². The molecule has 2 aliphatic rings. The number of nitrogens with zero attached hydrogens (tertiary/aromatic N) is 4. The Balaban J connectivity index is 1.43. The van der Waals surface area contributed by atoms with E-state index in [1.54, 1.807) is 17.0 Å². The SMILES string of the molecule is O=C(NCc1ccccn1)c1cn2c(n1)C(=O)N(CC1CC1)CC2. The van der Waals surface area contributed by atoms with E-state index in [0.717, 1.165) is 12.2 Å². The van der Waals surface area contributed by atoms with E-state index in [2.05, 4.69) is 15.3 Å². The lowest BCUT2D eigenvalue weighted by atomic mass is 10.3. The fraction of sp³-hybridized carbons (Fsp3) is 0.412. The van der Waals surface area contributed by atoms with Crippen molar-refractivity contribution in [3.8, 4) is 0 Å². The van der Waals surface area contributed by atoms with Crippen LogP contribution in [-0.2, 0) is 13.1 Å². The quantitative estimate of drug-likeness (QED) is 0.892. The first-order chi connectivity index (χ1) is 11.7. The molecule has 1 aliphatic heterocycles. The first-order valence-corrected chi connectivity index (χ1v) is 8.25. The van der Waals surface area contributed by atoms with Crippen molar-refractivity contribution >= 4 is 11.8 Å². The zero-order chi connectivity index (χ0) is 16.5. The van der Waals surface area contributed by atoms with Gasteiger partial charge < -0.3 is 14.8 Å². The first-order valence-electron chi connectivity index (χ1n) is 8.25. The number of carbonyl (C=O) groups excluding carboxylic acids is 2. The van der Waals surface area contributed by atoms with Gasteiger partial charge >= 0.3 is 0 Å². The Hall–Kier alpha value is -2.70. The second-order valence-electron chi connectivity index (χ2n) is 6.34. The fourth-order valence-corrected chi connectivity index (χ4v) is 2.89. The first kappa shape index (κ1) is 14.9. The van der Waals surface area contributed by atoms with Crippen LogP contribution in [0.25, 0.3) is 0 Å². The highest BCUT2D eigenvalue weighted by molar-refractivity contribution is 5.96. The largest absolute Gasteiger partial charge is 0.345 e. The maximum atomic E-state index is 12.5. The number of aromatic nitrogens is 3. The number of carbonyl (C=O) groups is 2. The predicted octanol–water partition coefficient (Wildman–Crippen LogP) is 1.07. The van der Waals surface area contributed by atoms with Crippen LogP contribution in [0.4, 0.5) is 0 Å². The molecule has 1 saturated carbocycles. The molecular formula is C17H19N5O2. The third-order valence-corrected chi connectivity index (χ3v) is 4.43. The summed E-state index contributed by atoms with van der Waals surface area (Å²) in [5.74, 6) is 0.655. The summed E-state index contributed by atoms with van der Waals surface area (Å²) in [6.45, 7) is 2.53. The van der Waals surface area contributed by atoms with Gasteiger partial charge in [-0.2, -0.15) is 0 Å². The average Bonchev–Trinajstić information content (AvgIpc) is 3.31. The minimum atomic E-state index is -0.288. The Morgan fingerprint density at radius 1 is 1.29 bits per heavy atom. The number of pyridine rings is 1. The van der Waals surface area contributed by atoms with Gasteiger partial charge in [-0.25, -0.2) is 4.98 Å². The molecular weight excluding hydrogens is 306 g/mol. The van der Waals surface area contributed by atoms with Crippen molar-refractivity contribution in [2.45, 2.75) is 25.9 Å². The van der Waals surface area contributed by atoms with E-state index >= 15 is 0 Å².